The van der Waals surface area contributed by atoms with E-state index in [0.29, 0.717) is 25.7 Å². The summed E-state index contributed by atoms with van der Waals surface area (Å²) in [5.41, 5.74) is 0. The topological polar surface area (TPSA) is 53.6 Å². The van der Waals surface area contributed by atoms with Gasteiger partial charge >= 0.3 is 0 Å². The lowest BCUT2D eigenvalue weighted by Gasteiger charge is -2.33. The summed E-state index contributed by atoms with van der Waals surface area (Å²) in [6.45, 7) is 11.0. The van der Waals surface area contributed by atoms with Crippen LogP contribution < -0.4 is 10.6 Å². The number of hydrogen-bond acceptors (Lipinski definition) is 4. The molecule has 1 saturated heterocycles. The van der Waals surface area contributed by atoms with Crippen LogP contribution in [-0.4, -0.2) is 62.3 Å². The van der Waals surface area contributed by atoms with Crippen molar-refractivity contribution in [1.82, 2.24) is 15.5 Å². The minimum Gasteiger partial charge on any atom is -0.379 e. The van der Waals surface area contributed by atoms with E-state index in [1.165, 1.54) is 0 Å². The summed E-state index contributed by atoms with van der Waals surface area (Å²) in [4.78, 5) is 14.0. The third-order valence-corrected chi connectivity index (χ3v) is 3.08. The van der Waals surface area contributed by atoms with Gasteiger partial charge in [0.05, 0.1) is 12.6 Å². The number of rotatable bonds is 7. The molecular formula is C13H27N3O2. The van der Waals surface area contributed by atoms with Crippen LogP contribution >= 0.6 is 0 Å². The predicted octanol–water partition coefficient (Wildman–Crippen LogP) is 0.211. The maximum Gasteiger partial charge on any atom is 0.234 e. The second kappa shape index (κ2) is 8.45. The fourth-order valence-corrected chi connectivity index (χ4v) is 1.98. The van der Waals surface area contributed by atoms with Crippen molar-refractivity contribution in [2.75, 3.05) is 39.3 Å². The molecule has 5 heteroatoms. The molecule has 0 aliphatic carbocycles. The van der Waals surface area contributed by atoms with Gasteiger partial charge in [-0.25, -0.2) is 0 Å². The van der Waals surface area contributed by atoms with E-state index in [1.54, 1.807) is 0 Å². The molecule has 18 heavy (non-hydrogen) atoms. The van der Waals surface area contributed by atoms with Crippen LogP contribution in [0.3, 0.4) is 0 Å². The molecule has 0 unspecified atom stereocenters. The Hall–Kier alpha value is -0.650. The summed E-state index contributed by atoms with van der Waals surface area (Å²) in [6, 6.07) is 0.439. The number of nitrogens with one attached hydrogen (secondary N) is 2. The SMILES string of the molecule is CC(C)OCCCNC(=O)CN1CCNC[C@H]1C. The molecule has 2 N–H and O–H groups in total. The molecule has 0 bridgehead atoms. The number of hydrogen-bond donors (Lipinski definition) is 2. The summed E-state index contributed by atoms with van der Waals surface area (Å²) in [5, 5.41) is 6.26. The Balaban J connectivity index is 2.06. The summed E-state index contributed by atoms with van der Waals surface area (Å²) >= 11 is 0. The van der Waals surface area contributed by atoms with Gasteiger partial charge < -0.3 is 15.4 Å². The Kier molecular flexibility index (Phi) is 7.23. The Bertz CT molecular complexity index is 246. The number of piperazine rings is 1. The zero-order valence-electron chi connectivity index (χ0n) is 11.9. The fraction of sp³-hybridized carbons (Fsp3) is 0.923. The molecule has 1 fully saturated rings. The van der Waals surface area contributed by atoms with Gasteiger partial charge in [0, 0.05) is 38.8 Å². The van der Waals surface area contributed by atoms with Crippen molar-refractivity contribution in [2.24, 2.45) is 0 Å². The highest BCUT2D eigenvalue weighted by Gasteiger charge is 2.19. The monoisotopic (exact) mass is 257 g/mol. The highest BCUT2D eigenvalue weighted by Crippen LogP contribution is 2.01. The van der Waals surface area contributed by atoms with Crippen molar-refractivity contribution in [1.29, 1.82) is 0 Å². The van der Waals surface area contributed by atoms with Gasteiger partial charge in [-0.3, -0.25) is 9.69 Å². The number of nitrogens with zero attached hydrogens (tertiary/aromatic N) is 1. The van der Waals surface area contributed by atoms with Crippen molar-refractivity contribution >= 4 is 5.91 Å². The lowest BCUT2D eigenvalue weighted by atomic mass is 10.2. The van der Waals surface area contributed by atoms with Crippen molar-refractivity contribution in [2.45, 2.75) is 39.3 Å². The van der Waals surface area contributed by atoms with Gasteiger partial charge in [-0.05, 0) is 27.2 Å². The van der Waals surface area contributed by atoms with Crippen LogP contribution in [0.4, 0.5) is 0 Å². The molecule has 0 aromatic rings. The summed E-state index contributed by atoms with van der Waals surface area (Å²) in [7, 11) is 0. The fourth-order valence-electron chi connectivity index (χ4n) is 1.98. The van der Waals surface area contributed by atoms with Crippen LogP contribution in [0, 0.1) is 0 Å². The molecule has 0 saturated carbocycles. The number of amides is 1. The van der Waals surface area contributed by atoms with Gasteiger partial charge in [-0.15, -0.1) is 0 Å². The van der Waals surface area contributed by atoms with Gasteiger partial charge in [0.2, 0.25) is 5.91 Å². The maximum atomic E-state index is 11.7. The molecule has 1 atom stereocenters. The summed E-state index contributed by atoms with van der Waals surface area (Å²) in [5.74, 6) is 0.119. The Morgan fingerprint density at radius 1 is 1.56 bits per heavy atom. The van der Waals surface area contributed by atoms with E-state index in [9.17, 15) is 4.79 Å². The van der Waals surface area contributed by atoms with Gasteiger partial charge in [0.25, 0.3) is 0 Å². The molecule has 1 heterocycles. The van der Waals surface area contributed by atoms with Gasteiger partial charge in [0.15, 0.2) is 0 Å². The highest BCUT2D eigenvalue weighted by atomic mass is 16.5. The Morgan fingerprint density at radius 2 is 2.33 bits per heavy atom. The van der Waals surface area contributed by atoms with Gasteiger partial charge in [-0.1, -0.05) is 0 Å². The first-order valence-corrected chi connectivity index (χ1v) is 6.92. The lowest BCUT2D eigenvalue weighted by Crippen LogP contribution is -2.52. The highest BCUT2D eigenvalue weighted by molar-refractivity contribution is 5.78. The summed E-state index contributed by atoms with van der Waals surface area (Å²) in [6.07, 6.45) is 1.14. The molecule has 0 radical (unpaired) electrons. The van der Waals surface area contributed by atoms with Crippen LogP contribution in [0.15, 0.2) is 0 Å². The summed E-state index contributed by atoms with van der Waals surface area (Å²) < 4.78 is 5.42. The number of carbonyl (C=O) groups excluding carboxylic acids is 1. The van der Waals surface area contributed by atoms with E-state index in [-0.39, 0.29) is 12.0 Å². The number of ether oxygens (including phenoxy) is 1. The molecule has 0 spiro atoms. The molecule has 1 amide bonds. The smallest absolute Gasteiger partial charge is 0.234 e. The largest absolute Gasteiger partial charge is 0.379 e. The third-order valence-electron chi connectivity index (χ3n) is 3.08. The zero-order valence-corrected chi connectivity index (χ0v) is 11.9. The standard InChI is InChI=1S/C13H27N3O2/c1-11(2)18-8-4-5-15-13(17)10-16-7-6-14-9-12(16)3/h11-12,14H,4-10H2,1-3H3,(H,15,17)/t12-/m1/s1. The first-order valence-electron chi connectivity index (χ1n) is 6.92. The van der Waals surface area contributed by atoms with Crippen LogP contribution in [-0.2, 0) is 9.53 Å². The van der Waals surface area contributed by atoms with Crippen LogP contribution in [0.1, 0.15) is 27.2 Å². The molecule has 1 rings (SSSR count). The minimum absolute atomic E-state index is 0.119. The average molecular weight is 257 g/mol. The van der Waals surface area contributed by atoms with Crippen molar-refractivity contribution in [3.8, 4) is 0 Å². The van der Waals surface area contributed by atoms with E-state index in [4.69, 9.17) is 4.74 Å². The lowest BCUT2D eigenvalue weighted by molar-refractivity contribution is -0.123. The Labute approximate surface area is 110 Å². The average Bonchev–Trinajstić information content (AvgIpc) is 2.31. The number of carbonyl (C=O) groups is 1. The normalized spacial score (nSPS) is 21.2. The minimum atomic E-state index is 0.119. The molecule has 0 aromatic heterocycles. The van der Waals surface area contributed by atoms with Crippen LogP contribution in [0.25, 0.3) is 0 Å². The second-order valence-electron chi connectivity index (χ2n) is 5.15. The van der Waals surface area contributed by atoms with E-state index >= 15 is 0 Å². The first kappa shape index (κ1) is 15.4. The van der Waals surface area contributed by atoms with E-state index in [0.717, 1.165) is 26.1 Å². The van der Waals surface area contributed by atoms with E-state index < -0.39 is 0 Å². The Morgan fingerprint density at radius 3 is 3.00 bits per heavy atom. The quantitative estimate of drug-likeness (QED) is 0.640. The molecule has 1 aliphatic heterocycles. The first-order chi connectivity index (χ1) is 8.59. The third kappa shape index (κ3) is 6.33. The van der Waals surface area contributed by atoms with Gasteiger partial charge in [-0.2, -0.15) is 0 Å². The zero-order chi connectivity index (χ0) is 13.4. The second-order valence-corrected chi connectivity index (χ2v) is 5.15. The maximum absolute atomic E-state index is 11.7. The molecular weight excluding hydrogens is 230 g/mol. The molecule has 5 nitrogen and oxygen atoms in total. The molecule has 1 aliphatic rings. The van der Waals surface area contributed by atoms with E-state index in [2.05, 4.69) is 22.5 Å². The molecule has 106 valence electrons. The van der Waals surface area contributed by atoms with Crippen molar-refractivity contribution < 1.29 is 9.53 Å². The van der Waals surface area contributed by atoms with Crippen molar-refractivity contribution in [3.05, 3.63) is 0 Å². The van der Waals surface area contributed by atoms with Crippen LogP contribution in [0.2, 0.25) is 0 Å². The van der Waals surface area contributed by atoms with Crippen molar-refractivity contribution in [3.63, 3.8) is 0 Å². The van der Waals surface area contributed by atoms with Crippen LogP contribution in [0.5, 0.6) is 0 Å². The predicted molar refractivity (Wildman–Crippen MR) is 72.6 cm³/mol. The van der Waals surface area contributed by atoms with Gasteiger partial charge in [0.1, 0.15) is 0 Å². The molecule has 0 aromatic carbocycles. The van der Waals surface area contributed by atoms with E-state index in [1.807, 2.05) is 13.8 Å².